The number of carboxylic acids is 1. The van der Waals surface area contributed by atoms with Gasteiger partial charge in [-0.25, -0.2) is 0 Å². The molecule has 0 unspecified atom stereocenters. The molecule has 2 rings (SSSR count). The van der Waals surface area contributed by atoms with Gasteiger partial charge in [-0.3, -0.25) is 9.59 Å². The highest BCUT2D eigenvalue weighted by molar-refractivity contribution is 8.76. The number of hydrogen-bond acceptors (Lipinski definition) is 7. The number of carboxylic acid groups (broad SMARTS) is 1. The number of amides is 1. The fourth-order valence-corrected chi connectivity index (χ4v) is 4.00. The summed E-state index contributed by atoms with van der Waals surface area (Å²) in [6.07, 6.45) is 1.93. The fraction of sp³-hybridized carbons (Fsp3) is 0.643. The zero-order valence-electron chi connectivity index (χ0n) is 12.7. The summed E-state index contributed by atoms with van der Waals surface area (Å²) in [7, 11) is 3.03. The quantitative estimate of drug-likeness (QED) is 0.510. The monoisotopic (exact) mass is 360 g/mol. The van der Waals surface area contributed by atoms with E-state index >= 15 is 0 Å². The van der Waals surface area contributed by atoms with Gasteiger partial charge in [0.25, 0.3) is 5.91 Å². The molecule has 1 aliphatic heterocycles. The van der Waals surface area contributed by atoms with Crippen LogP contribution in [-0.2, 0) is 9.53 Å². The van der Waals surface area contributed by atoms with Gasteiger partial charge in [0.1, 0.15) is 5.76 Å². The Morgan fingerprint density at radius 2 is 2.04 bits per heavy atom. The van der Waals surface area contributed by atoms with E-state index in [2.05, 4.69) is 10.5 Å². The fourth-order valence-electron chi connectivity index (χ4n) is 2.11. The first-order valence-corrected chi connectivity index (χ1v) is 9.94. The van der Waals surface area contributed by atoms with Gasteiger partial charge in [0, 0.05) is 43.2 Å². The number of hydrogen-bond donors (Lipinski definition) is 2. The molecule has 128 valence electrons. The summed E-state index contributed by atoms with van der Waals surface area (Å²) in [4.78, 5) is 22.3. The minimum atomic E-state index is -0.794. The largest absolute Gasteiger partial charge is 0.481 e. The van der Waals surface area contributed by atoms with Crippen molar-refractivity contribution in [2.24, 2.45) is 0 Å². The molecule has 1 fully saturated rings. The highest BCUT2D eigenvalue weighted by Gasteiger charge is 2.22. The van der Waals surface area contributed by atoms with Crippen molar-refractivity contribution < 1.29 is 24.0 Å². The lowest BCUT2D eigenvalue weighted by Gasteiger charge is -2.18. The second-order valence-electron chi connectivity index (χ2n) is 5.04. The highest BCUT2D eigenvalue weighted by Crippen LogP contribution is 2.27. The lowest BCUT2D eigenvalue weighted by molar-refractivity contribution is -0.136. The average Bonchev–Trinajstić information content (AvgIpc) is 3.04. The van der Waals surface area contributed by atoms with Crippen LogP contribution in [0.4, 0.5) is 0 Å². The SMILES string of the molecule is O=C(O)CCSSCCNC(=O)c1cc(C2CCOCC2)on1. The van der Waals surface area contributed by atoms with Crippen molar-refractivity contribution in [1.82, 2.24) is 10.5 Å². The third kappa shape index (κ3) is 6.44. The Kier molecular flexibility index (Phi) is 7.77. The minimum Gasteiger partial charge on any atom is -0.481 e. The second-order valence-corrected chi connectivity index (χ2v) is 7.75. The Bertz CT molecular complexity index is 517. The maximum absolute atomic E-state index is 12.0. The molecule has 1 saturated heterocycles. The molecule has 0 atom stereocenters. The first kappa shape index (κ1) is 18.2. The molecule has 0 radical (unpaired) electrons. The van der Waals surface area contributed by atoms with E-state index in [-0.39, 0.29) is 18.2 Å². The summed E-state index contributed by atoms with van der Waals surface area (Å²) in [5.41, 5.74) is 0.301. The average molecular weight is 360 g/mol. The van der Waals surface area contributed by atoms with Crippen LogP contribution in [-0.4, -0.2) is 53.4 Å². The zero-order chi connectivity index (χ0) is 16.5. The molecule has 7 nitrogen and oxygen atoms in total. The number of nitrogens with zero attached hydrogens (tertiary/aromatic N) is 1. The summed E-state index contributed by atoms with van der Waals surface area (Å²) in [6.45, 7) is 1.93. The van der Waals surface area contributed by atoms with E-state index in [0.29, 0.717) is 37.0 Å². The molecule has 0 saturated carbocycles. The van der Waals surface area contributed by atoms with Gasteiger partial charge < -0.3 is 19.7 Å². The van der Waals surface area contributed by atoms with Crippen LogP contribution in [0.3, 0.4) is 0 Å². The van der Waals surface area contributed by atoms with E-state index in [1.165, 1.54) is 10.8 Å². The number of ether oxygens (including phenoxy) is 1. The highest BCUT2D eigenvalue weighted by atomic mass is 33.1. The van der Waals surface area contributed by atoms with Crippen molar-refractivity contribution in [2.45, 2.75) is 25.2 Å². The number of aliphatic carboxylic acids is 1. The van der Waals surface area contributed by atoms with E-state index in [0.717, 1.165) is 18.6 Å². The normalized spacial score (nSPS) is 15.5. The summed E-state index contributed by atoms with van der Waals surface area (Å²) < 4.78 is 10.6. The van der Waals surface area contributed by atoms with Crippen LogP contribution in [0.2, 0.25) is 0 Å². The first-order chi connectivity index (χ1) is 11.2. The molecule has 0 aromatic carbocycles. The molecule has 1 aromatic heterocycles. The summed E-state index contributed by atoms with van der Waals surface area (Å²) in [5, 5.41) is 15.1. The summed E-state index contributed by atoms with van der Waals surface area (Å²) in [5.74, 6) is 1.25. The van der Waals surface area contributed by atoms with Crippen molar-refractivity contribution in [3.05, 3.63) is 17.5 Å². The minimum absolute atomic E-state index is 0.151. The van der Waals surface area contributed by atoms with Crippen molar-refractivity contribution in [3.63, 3.8) is 0 Å². The van der Waals surface area contributed by atoms with Crippen molar-refractivity contribution in [3.8, 4) is 0 Å². The van der Waals surface area contributed by atoms with Crippen molar-refractivity contribution in [1.29, 1.82) is 0 Å². The third-order valence-electron chi connectivity index (χ3n) is 3.34. The van der Waals surface area contributed by atoms with Gasteiger partial charge in [0.05, 0.1) is 6.42 Å². The van der Waals surface area contributed by atoms with Crippen LogP contribution in [0.15, 0.2) is 10.6 Å². The van der Waals surface area contributed by atoms with E-state index in [4.69, 9.17) is 14.4 Å². The molecule has 1 amide bonds. The third-order valence-corrected chi connectivity index (χ3v) is 5.75. The van der Waals surface area contributed by atoms with Gasteiger partial charge in [0.15, 0.2) is 5.69 Å². The van der Waals surface area contributed by atoms with Gasteiger partial charge in [0.2, 0.25) is 0 Å². The smallest absolute Gasteiger partial charge is 0.304 e. The van der Waals surface area contributed by atoms with Gasteiger partial charge in [-0.1, -0.05) is 26.7 Å². The Morgan fingerprint density at radius 3 is 2.78 bits per heavy atom. The van der Waals surface area contributed by atoms with Crippen molar-refractivity contribution in [2.75, 3.05) is 31.3 Å². The number of rotatable bonds is 9. The van der Waals surface area contributed by atoms with Crippen molar-refractivity contribution >= 4 is 33.5 Å². The maximum atomic E-state index is 12.0. The van der Waals surface area contributed by atoms with Crippen LogP contribution >= 0.6 is 21.6 Å². The number of carbonyl (C=O) groups excluding carboxylic acids is 1. The predicted molar refractivity (Wildman–Crippen MR) is 88.8 cm³/mol. The number of aromatic nitrogens is 1. The molecule has 1 aromatic rings. The molecule has 23 heavy (non-hydrogen) atoms. The first-order valence-electron chi connectivity index (χ1n) is 7.45. The summed E-state index contributed by atoms with van der Waals surface area (Å²) in [6, 6.07) is 1.71. The van der Waals surface area contributed by atoms with Gasteiger partial charge in [-0.05, 0) is 12.8 Å². The predicted octanol–water partition coefficient (Wildman–Crippen LogP) is 2.15. The molecular weight excluding hydrogens is 340 g/mol. The lowest BCUT2D eigenvalue weighted by atomic mass is 9.97. The van der Waals surface area contributed by atoms with E-state index in [1.54, 1.807) is 16.9 Å². The van der Waals surface area contributed by atoms with E-state index in [1.807, 2.05) is 0 Å². The molecule has 2 heterocycles. The van der Waals surface area contributed by atoms with Crippen LogP contribution in [0.1, 0.15) is 41.4 Å². The van der Waals surface area contributed by atoms with Gasteiger partial charge in [-0.2, -0.15) is 0 Å². The molecule has 0 bridgehead atoms. The molecular formula is C14H20N2O5S2. The topological polar surface area (TPSA) is 102 Å². The molecule has 1 aliphatic rings. The molecule has 2 N–H and O–H groups in total. The second kappa shape index (κ2) is 9.84. The van der Waals surface area contributed by atoms with Gasteiger partial charge >= 0.3 is 5.97 Å². The maximum Gasteiger partial charge on any atom is 0.304 e. The zero-order valence-corrected chi connectivity index (χ0v) is 14.3. The van der Waals surface area contributed by atoms with E-state index < -0.39 is 5.97 Å². The van der Waals surface area contributed by atoms with Crippen LogP contribution in [0, 0.1) is 0 Å². The Balaban J connectivity index is 1.64. The van der Waals surface area contributed by atoms with Crippen LogP contribution in [0.25, 0.3) is 0 Å². The van der Waals surface area contributed by atoms with Crippen LogP contribution < -0.4 is 5.32 Å². The van der Waals surface area contributed by atoms with Crippen LogP contribution in [0.5, 0.6) is 0 Å². The lowest BCUT2D eigenvalue weighted by Crippen LogP contribution is -2.25. The molecule has 9 heteroatoms. The summed E-state index contributed by atoms with van der Waals surface area (Å²) >= 11 is 0. The van der Waals surface area contributed by atoms with Gasteiger partial charge in [-0.15, -0.1) is 0 Å². The standard InChI is InChI=1S/C14H20N2O5S2/c17-13(18)3-7-22-23-8-4-15-14(19)11-9-12(21-16-11)10-1-5-20-6-2-10/h9-10H,1-8H2,(H,15,19)(H,17,18). The number of carbonyl (C=O) groups is 2. The van der Waals surface area contributed by atoms with E-state index in [9.17, 15) is 9.59 Å². The Morgan fingerprint density at radius 1 is 1.30 bits per heavy atom. The Labute approximate surface area is 142 Å². The number of nitrogens with one attached hydrogen (secondary N) is 1. The molecule has 0 aliphatic carbocycles. The molecule has 0 spiro atoms. The Hall–Kier alpha value is -1.19.